The summed E-state index contributed by atoms with van der Waals surface area (Å²) in [4.78, 5) is 24.1. The Morgan fingerprint density at radius 2 is 1.90 bits per heavy atom. The molecule has 1 atom stereocenters. The molecular weight excluding hydrogens is 396 g/mol. The number of nitrogens with one attached hydrogen (secondary N) is 1. The van der Waals surface area contributed by atoms with E-state index in [2.05, 4.69) is 5.32 Å². The van der Waals surface area contributed by atoms with Crippen LogP contribution in [0.25, 0.3) is 6.08 Å². The van der Waals surface area contributed by atoms with Gasteiger partial charge in [-0.25, -0.2) is 18.4 Å². The molecule has 0 saturated heterocycles. The number of anilines is 1. The first kappa shape index (κ1) is 22.1. The maximum Gasteiger partial charge on any atom is 0.331 e. The molecule has 2 rings (SSSR count). The summed E-state index contributed by atoms with van der Waals surface area (Å²) < 4.78 is 33.1. The predicted molar refractivity (Wildman–Crippen MR) is 109 cm³/mol. The summed E-state index contributed by atoms with van der Waals surface area (Å²) >= 11 is 0. The molecule has 2 aromatic rings. The van der Waals surface area contributed by atoms with Gasteiger partial charge in [-0.2, -0.15) is 0 Å². The maximum atomic E-state index is 12.2. The molecule has 0 fully saturated rings. The van der Waals surface area contributed by atoms with E-state index in [9.17, 15) is 18.0 Å². The highest BCUT2D eigenvalue weighted by molar-refractivity contribution is 7.89. The SMILES string of the molecule is COc1ccc(C)cc1/C=C/C(=O)O[C@H](C)C(=O)Nc1cccc(S(N)(=O)=O)c1. The minimum absolute atomic E-state index is 0.144. The quantitative estimate of drug-likeness (QED) is 0.525. The van der Waals surface area contributed by atoms with Gasteiger partial charge in [0.05, 0.1) is 12.0 Å². The van der Waals surface area contributed by atoms with E-state index >= 15 is 0 Å². The number of hydrogen-bond acceptors (Lipinski definition) is 6. The van der Waals surface area contributed by atoms with Crippen molar-refractivity contribution in [3.63, 3.8) is 0 Å². The highest BCUT2D eigenvalue weighted by Gasteiger charge is 2.17. The Kier molecular flexibility index (Phi) is 7.13. The number of nitrogens with two attached hydrogens (primary N) is 1. The molecule has 29 heavy (non-hydrogen) atoms. The number of methoxy groups -OCH3 is 1. The van der Waals surface area contributed by atoms with Crippen LogP contribution in [0.2, 0.25) is 0 Å². The minimum Gasteiger partial charge on any atom is -0.496 e. The Bertz CT molecular complexity index is 1050. The lowest BCUT2D eigenvalue weighted by Crippen LogP contribution is -2.29. The summed E-state index contributed by atoms with van der Waals surface area (Å²) in [5.74, 6) is -0.735. The second-order valence-electron chi connectivity index (χ2n) is 6.22. The first-order valence-corrected chi connectivity index (χ1v) is 10.1. The number of carbonyl (C=O) groups is 2. The lowest BCUT2D eigenvalue weighted by Gasteiger charge is -2.13. The molecule has 0 aliphatic heterocycles. The van der Waals surface area contributed by atoms with Crippen molar-refractivity contribution >= 4 is 33.7 Å². The van der Waals surface area contributed by atoms with Gasteiger partial charge in [0, 0.05) is 17.3 Å². The number of aryl methyl sites for hydroxylation is 1. The zero-order valence-electron chi connectivity index (χ0n) is 16.2. The number of carbonyl (C=O) groups excluding carboxylic acids is 2. The van der Waals surface area contributed by atoms with Crippen molar-refractivity contribution in [2.24, 2.45) is 5.14 Å². The Morgan fingerprint density at radius 3 is 2.55 bits per heavy atom. The van der Waals surface area contributed by atoms with Gasteiger partial charge in [-0.05, 0) is 50.3 Å². The number of hydrogen-bond donors (Lipinski definition) is 2. The first-order chi connectivity index (χ1) is 13.6. The van der Waals surface area contributed by atoms with Gasteiger partial charge in [-0.1, -0.05) is 17.7 Å². The molecule has 0 bridgehead atoms. The largest absolute Gasteiger partial charge is 0.496 e. The van der Waals surface area contributed by atoms with Crippen LogP contribution in [-0.2, 0) is 24.3 Å². The smallest absolute Gasteiger partial charge is 0.331 e. The highest BCUT2D eigenvalue weighted by atomic mass is 32.2. The number of esters is 1. The minimum atomic E-state index is -3.90. The van der Waals surface area contributed by atoms with Crippen molar-refractivity contribution < 1.29 is 27.5 Å². The van der Waals surface area contributed by atoms with Gasteiger partial charge in [0.1, 0.15) is 5.75 Å². The van der Waals surface area contributed by atoms with E-state index in [1.165, 1.54) is 50.5 Å². The molecule has 0 aliphatic rings. The molecule has 9 heteroatoms. The number of sulfonamides is 1. The van der Waals surface area contributed by atoms with Crippen molar-refractivity contribution in [1.82, 2.24) is 0 Å². The predicted octanol–water partition coefficient (Wildman–Crippen LogP) is 2.23. The first-order valence-electron chi connectivity index (χ1n) is 8.57. The fourth-order valence-electron chi connectivity index (χ4n) is 2.40. The molecule has 154 valence electrons. The number of rotatable bonds is 7. The molecule has 0 aromatic heterocycles. The Labute approximate surface area is 169 Å². The van der Waals surface area contributed by atoms with Crippen LogP contribution in [0.4, 0.5) is 5.69 Å². The van der Waals surface area contributed by atoms with Crippen LogP contribution in [0.1, 0.15) is 18.1 Å². The Morgan fingerprint density at radius 1 is 1.17 bits per heavy atom. The summed E-state index contributed by atoms with van der Waals surface area (Å²) in [5.41, 5.74) is 1.90. The van der Waals surface area contributed by atoms with E-state index in [1.54, 1.807) is 6.07 Å². The fourth-order valence-corrected chi connectivity index (χ4v) is 2.96. The zero-order valence-corrected chi connectivity index (χ0v) is 17.0. The van der Waals surface area contributed by atoms with Crippen LogP contribution < -0.4 is 15.2 Å². The zero-order chi connectivity index (χ0) is 21.6. The van der Waals surface area contributed by atoms with Gasteiger partial charge in [0.25, 0.3) is 5.91 Å². The van der Waals surface area contributed by atoms with Crippen molar-refractivity contribution in [3.05, 3.63) is 59.7 Å². The van der Waals surface area contributed by atoms with Gasteiger partial charge in [-0.15, -0.1) is 0 Å². The van der Waals surface area contributed by atoms with Crippen molar-refractivity contribution in [1.29, 1.82) is 0 Å². The van der Waals surface area contributed by atoms with Gasteiger partial charge in [0.2, 0.25) is 10.0 Å². The third-order valence-electron chi connectivity index (χ3n) is 3.88. The normalized spacial score (nSPS) is 12.4. The highest BCUT2D eigenvalue weighted by Crippen LogP contribution is 2.21. The topological polar surface area (TPSA) is 125 Å². The van der Waals surface area contributed by atoms with Crippen molar-refractivity contribution in [2.45, 2.75) is 24.8 Å². The number of amides is 1. The van der Waals surface area contributed by atoms with Crippen LogP contribution in [0.15, 0.2) is 53.4 Å². The van der Waals surface area contributed by atoms with Crippen molar-refractivity contribution in [3.8, 4) is 5.75 Å². The van der Waals surface area contributed by atoms with Crippen LogP contribution in [-0.4, -0.2) is 33.5 Å². The van der Waals surface area contributed by atoms with Gasteiger partial charge in [-0.3, -0.25) is 4.79 Å². The van der Waals surface area contributed by atoms with E-state index in [1.807, 2.05) is 19.1 Å². The van der Waals surface area contributed by atoms with E-state index < -0.39 is 28.0 Å². The van der Waals surface area contributed by atoms with Crippen LogP contribution in [0, 0.1) is 6.92 Å². The van der Waals surface area contributed by atoms with E-state index in [4.69, 9.17) is 14.6 Å². The average molecular weight is 418 g/mol. The van der Waals surface area contributed by atoms with Gasteiger partial charge >= 0.3 is 5.97 Å². The second kappa shape index (κ2) is 9.35. The van der Waals surface area contributed by atoms with Gasteiger partial charge < -0.3 is 14.8 Å². The molecular formula is C20H22N2O6S. The lowest BCUT2D eigenvalue weighted by molar-refractivity contribution is -0.148. The second-order valence-corrected chi connectivity index (χ2v) is 7.78. The molecule has 0 unspecified atom stereocenters. The Balaban J connectivity index is 2.01. The third-order valence-corrected chi connectivity index (χ3v) is 4.79. The molecule has 0 heterocycles. The number of primary sulfonamides is 1. The summed E-state index contributed by atoms with van der Waals surface area (Å²) in [6.45, 7) is 3.31. The van der Waals surface area contributed by atoms with Crippen molar-refractivity contribution in [2.75, 3.05) is 12.4 Å². The summed E-state index contributed by atoms with van der Waals surface area (Å²) in [6.07, 6.45) is 1.63. The van der Waals surface area contributed by atoms with E-state index in [0.29, 0.717) is 11.3 Å². The third kappa shape index (κ3) is 6.44. The van der Waals surface area contributed by atoms with Gasteiger partial charge in [0.15, 0.2) is 6.10 Å². The molecule has 0 radical (unpaired) electrons. The monoisotopic (exact) mass is 418 g/mol. The average Bonchev–Trinajstić information content (AvgIpc) is 2.66. The summed E-state index contributed by atoms with van der Waals surface area (Å²) in [7, 11) is -2.37. The number of ether oxygens (including phenoxy) is 2. The number of benzene rings is 2. The van der Waals surface area contributed by atoms with E-state index in [-0.39, 0.29) is 10.6 Å². The van der Waals surface area contributed by atoms with E-state index in [0.717, 1.165) is 5.56 Å². The maximum absolute atomic E-state index is 12.2. The summed E-state index contributed by atoms with van der Waals surface area (Å²) in [6, 6.07) is 11.0. The van der Waals surface area contributed by atoms with Crippen LogP contribution in [0.5, 0.6) is 5.75 Å². The van der Waals surface area contributed by atoms with Crippen LogP contribution >= 0.6 is 0 Å². The fraction of sp³-hybridized carbons (Fsp3) is 0.200. The molecule has 0 spiro atoms. The molecule has 0 saturated carbocycles. The summed E-state index contributed by atoms with van der Waals surface area (Å²) in [5, 5.41) is 7.55. The standard InChI is InChI=1S/C20H22N2O6S/c1-13-7-9-18(27-3)15(11-13)8-10-19(23)28-14(2)20(24)22-16-5-4-6-17(12-16)29(21,25)26/h4-12,14H,1-3H3,(H,22,24)(H2,21,25,26)/b10-8+/t14-/m1/s1. The molecule has 2 aromatic carbocycles. The lowest BCUT2D eigenvalue weighted by atomic mass is 10.1. The van der Waals surface area contributed by atoms with Crippen LogP contribution in [0.3, 0.4) is 0 Å². The Hall–Kier alpha value is -3.17. The molecule has 0 aliphatic carbocycles. The molecule has 8 nitrogen and oxygen atoms in total. The molecule has 3 N–H and O–H groups in total. The molecule has 1 amide bonds.